The fraction of sp³-hybridized carbons (Fsp3) is 0.833. The number of aliphatic imine (C=N–C) groups is 2. The molecule has 0 aromatic carbocycles. The number of nitrogens with zero attached hydrogens (tertiary/aromatic N) is 4. The minimum atomic E-state index is -0.359. The third-order valence-electron chi connectivity index (χ3n) is 2.92. The minimum Gasteiger partial charge on any atom is -0.862 e. The van der Waals surface area contributed by atoms with Gasteiger partial charge in [0, 0.05) is 19.5 Å². The van der Waals surface area contributed by atoms with E-state index in [0.29, 0.717) is 13.1 Å². The second-order valence-electron chi connectivity index (χ2n) is 4.69. The number of likely N-dealkylation sites (N-methyl/N-ethyl adjacent to an activating group) is 2. The van der Waals surface area contributed by atoms with Gasteiger partial charge in [0.15, 0.2) is 0 Å². The second-order valence-corrected chi connectivity index (χ2v) is 4.69. The molecule has 0 unspecified atom stereocenters. The van der Waals surface area contributed by atoms with Crippen molar-refractivity contribution in [3.05, 3.63) is 0 Å². The fourth-order valence-corrected chi connectivity index (χ4v) is 1.77. The zero-order valence-electron chi connectivity index (χ0n) is 11.6. The molecule has 7 heteroatoms. The van der Waals surface area contributed by atoms with Gasteiger partial charge in [-0.05, 0) is 45.4 Å². The van der Waals surface area contributed by atoms with Crippen molar-refractivity contribution in [3.63, 3.8) is 0 Å². The molecular formula is C12H22CuN4O2. The monoisotopic (exact) mass is 317 g/mol. The van der Waals surface area contributed by atoms with Crippen LogP contribution >= 0.6 is 0 Å². The van der Waals surface area contributed by atoms with Gasteiger partial charge in [0.1, 0.15) is 0 Å². The van der Waals surface area contributed by atoms with Crippen LogP contribution in [0.25, 0.3) is 0 Å². The first-order valence-corrected chi connectivity index (χ1v) is 6.35. The number of rotatable bonds is 0. The van der Waals surface area contributed by atoms with Crippen LogP contribution in [0.1, 0.15) is 12.8 Å². The molecule has 0 aliphatic carbocycles. The standard InChI is InChI=1S/C12H24N4O2.Cu/c1-15-6-3-7-16(2)9-5-14-12(18)10-11(17)13-4-8-15;/h3-10H2,1-2H3,(H,13,17)(H,14,18);/q;+2/p-2. The summed E-state index contributed by atoms with van der Waals surface area (Å²) in [4.78, 5) is 12.0. The van der Waals surface area contributed by atoms with Gasteiger partial charge in [-0.15, -0.1) is 0 Å². The molecule has 0 saturated carbocycles. The van der Waals surface area contributed by atoms with Crippen molar-refractivity contribution in [2.24, 2.45) is 9.98 Å². The summed E-state index contributed by atoms with van der Waals surface area (Å²) in [5.74, 6) is -0.717. The molecule has 0 fully saturated rings. The van der Waals surface area contributed by atoms with E-state index in [1.807, 2.05) is 14.1 Å². The smallest absolute Gasteiger partial charge is 0.862 e. The Kier molecular flexibility index (Phi) is 9.87. The Morgan fingerprint density at radius 1 is 0.842 bits per heavy atom. The largest absolute Gasteiger partial charge is 2.00 e. The first-order chi connectivity index (χ1) is 8.58. The van der Waals surface area contributed by atoms with Crippen molar-refractivity contribution >= 4 is 11.8 Å². The third kappa shape index (κ3) is 8.99. The summed E-state index contributed by atoms with van der Waals surface area (Å²) >= 11 is 0. The molecule has 19 heavy (non-hydrogen) atoms. The Hall–Kier alpha value is -0.621. The van der Waals surface area contributed by atoms with E-state index < -0.39 is 0 Å². The molecule has 6 nitrogen and oxygen atoms in total. The van der Waals surface area contributed by atoms with Crippen molar-refractivity contribution in [2.45, 2.75) is 12.8 Å². The van der Waals surface area contributed by atoms with Crippen LogP contribution in [0.4, 0.5) is 0 Å². The molecule has 113 valence electrons. The summed E-state index contributed by atoms with van der Waals surface area (Å²) in [6.45, 7) is 4.40. The van der Waals surface area contributed by atoms with Crippen LogP contribution < -0.4 is 10.2 Å². The van der Waals surface area contributed by atoms with E-state index in [1.54, 1.807) is 0 Å². The van der Waals surface area contributed by atoms with Gasteiger partial charge in [0.25, 0.3) is 0 Å². The summed E-state index contributed by atoms with van der Waals surface area (Å²) in [5.41, 5.74) is 0. The van der Waals surface area contributed by atoms with Gasteiger partial charge in [-0.1, -0.05) is 0 Å². The van der Waals surface area contributed by atoms with Crippen LogP contribution in [0.5, 0.6) is 0 Å². The first-order valence-electron chi connectivity index (χ1n) is 6.35. The predicted octanol–water partition coefficient (Wildman–Crippen LogP) is -1.84. The van der Waals surface area contributed by atoms with Gasteiger partial charge in [-0.25, -0.2) is 0 Å². The maximum Gasteiger partial charge on any atom is 2.00 e. The quantitative estimate of drug-likeness (QED) is 0.492. The molecule has 0 spiro atoms. The van der Waals surface area contributed by atoms with Crippen LogP contribution in [0.3, 0.4) is 0 Å². The van der Waals surface area contributed by atoms with E-state index in [-0.39, 0.29) is 35.3 Å². The SMILES string of the molecule is CN1CCCN(C)CCN=C([O-])CC([O-])=NCC1.[Cu+2]. The van der Waals surface area contributed by atoms with E-state index >= 15 is 0 Å². The van der Waals surface area contributed by atoms with Gasteiger partial charge in [-0.3, -0.25) is 0 Å². The van der Waals surface area contributed by atoms with Gasteiger partial charge in [-0.2, -0.15) is 0 Å². The summed E-state index contributed by atoms with van der Waals surface area (Å²) < 4.78 is 0. The van der Waals surface area contributed by atoms with Crippen LogP contribution in [-0.4, -0.2) is 75.0 Å². The van der Waals surface area contributed by atoms with Crippen molar-refractivity contribution in [1.29, 1.82) is 0 Å². The molecule has 1 heterocycles. The van der Waals surface area contributed by atoms with Crippen LogP contribution in [-0.2, 0) is 17.1 Å². The van der Waals surface area contributed by atoms with E-state index in [4.69, 9.17) is 0 Å². The maximum absolute atomic E-state index is 11.4. The maximum atomic E-state index is 11.4. The summed E-state index contributed by atoms with van der Waals surface area (Å²) in [5, 5.41) is 22.7. The molecular weight excluding hydrogens is 296 g/mol. The van der Waals surface area contributed by atoms with Crippen molar-refractivity contribution < 1.29 is 27.3 Å². The molecule has 1 radical (unpaired) electrons. The molecule has 0 atom stereocenters. The zero-order valence-corrected chi connectivity index (χ0v) is 12.5. The Balaban J connectivity index is 0.00000324. The third-order valence-corrected chi connectivity index (χ3v) is 2.92. The molecule has 0 N–H and O–H groups in total. The first kappa shape index (κ1) is 18.4. The summed E-state index contributed by atoms with van der Waals surface area (Å²) in [6.07, 6.45) is 0.877. The number of hydrogen-bond acceptors (Lipinski definition) is 6. The van der Waals surface area contributed by atoms with Crippen LogP contribution in [0, 0.1) is 0 Å². The van der Waals surface area contributed by atoms with E-state index in [2.05, 4.69) is 19.8 Å². The fourth-order valence-electron chi connectivity index (χ4n) is 1.77. The molecule has 0 amide bonds. The topological polar surface area (TPSA) is 77.3 Å². The summed E-state index contributed by atoms with van der Waals surface area (Å²) in [6, 6.07) is 0. The second kappa shape index (κ2) is 10.2. The van der Waals surface area contributed by atoms with Gasteiger partial charge >= 0.3 is 17.1 Å². The van der Waals surface area contributed by atoms with Crippen molar-refractivity contribution in [1.82, 2.24) is 9.80 Å². The van der Waals surface area contributed by atoms with Crippen molar-refractivity contribution in [3.8, 4) is 0 Å². The van der Waals surface area contributed by atoms with Crippen molar-refractivity contribution in [2.75, 3.05) is 53.4 Å². The molecule has 0 aromatic heterocycles. The molecule has 0 saturated heterocycles. The van der Waals surface area contributed by atoms with Gasteiger partial charge < -0.3 is 30.0 Å². The van der Waals surface area contributed by atoms with E-state index in [0.717, 1.165) is 32.6 Å². The minimum absolute atomic E-state index is 0. The van der Waals surface area contributed by atoms with E-state index in [9.17, 15) is 10.2 Å². The zero-order chi connectivity index (χ0) is 13.4. The number of hydrogen-bond donors (Lipinski definition) is 0. The molecule has 0 bridgehead atoms. The van der Waals surface area contributed by atoms with Crippen LogP contribution in [0.2, 0.25) is 0 Å². The molecule has 0 aromatic rings. The van der Waals surface area contributed by atoms with Gasteiger partial charge in [0.2, 0.25) is 0 Å². The average Bonchev–Trinajstić information content (AvgIpc) is 2.27. The normalized spacial score (nSPS) is 21.8. The Bertz CT molecular complexity index is 282. The van der Waals surface area contributed by atoms with Gasteiger partial charge in [0.05, 0.1) is 13.1 Å². The van der Waals surface area contributed by atoms with Crippen LogP contribution in [0.15, 0.2) is 9.98 Å². The molecule has 1 rings (SSSR count). The molecule has 1 aliphatic rings. The summed E-state index contributed by atoms with van der Waals surface area (Å²) in [7, 11) is 4.04. The Labute approximate surface area is 125 Å². The predicted molar refractivity (Wildman–Crippen MR) is 68.8 cm³/mol. The Morgan fingerprint density at radius 2 is 1.26 bits per heavy atom. The average molecular weight is 318 g/mol. The molecule has 1 aliphatic heterocycles. The Morgan fingerprint density at radius 3 is 1.68 bits per heavy atom. The van der Waals surface area contributed by atoms with E-state index in [1.165, 1.54) is 0 Å².